The Balaban J connectivity index is 1.21. The highest BCUT2D eigenvalue weighted by molar-refractivity contribution is 5.93. The van der Waals surface area contributed by atoms with Crippen molar-refractivity contribution in [1.82, 2.24) is 24.8 Å². The lowest BCUT2D eigenvalue weighted by atomic mass is 9.77. The smallest absolute Gasteiger partial charge is 0.272 e. The lowest BCUT2D eigenvalue weighted by Gasteiger charge is -2.35. The highest BCUT2D eigenvalue weighted by Crippen LogP contribution is 2.37. The van der Waals surface area contributed by atoms with Gasteiger partial charge in [-0.25, -0.2) is 9.50 Å². The van der Waals surface area contributed by atoms with Gasteiger partial charge < -0.3 is 15.3 Å². The van der Waals surface area contributed by atoms with E-state index in [1.807, 2.05) is 35.2 Å². The van der Waals surface area contributed by atoms with Gasteiger partial charge in [-0.2, -0.15) is 5.10 Å². The average Bonchev–Trinajstić information content (AvgIpc) is 3.38. The first-order chi connectivity index (χ1) is 15.1. The van der Waals surface area contributed by atoms with Crippen LogP contribution in [0.25, 0.3) is 5.65 Å². The molecule has 8 nitrogen and oxygen atoms in total. The molecule has 0 spiro atoms. The molecule has 5 rings (SSSR count). The molecule has 1 aliphatic heterocycles. The van der Waals surface area contributed by atoms with Crippen LogP contribution in [0.5, 0.6) is 0 Å². The molecule has 1 saturated heterocycles. The number of fused-ring (bicyclic) bond motifs is 2. The van der Waals surface area contributed by atoms with Gasteiger partial charge in [-0.1, -0.05) is 30.3 Å². The molecule has 8 heteroatoms. The maximum atomic E-state index is 12.7. The standard InChI is InChI=1S/C23H25N5O3/c29-20-11-17-14-27(22(30)9-15-5-2-1-3-6-15)13-16(17)10-18(20)25-23(31)19-12-21-24-7-4-8-28(21)26-19/h1-8,12,16-18,20,29H,9-11,13-14H2,(H,25,31)/t16-,17+,18-,20-/m0/s1. The monoisotopic (exact) mass is 419 g/mol. The lowest BCUT2D eigenvalue weighted by Crippen LogP contribution is -2.49. The van der Waals surface area contributed by atoms with E-state index in [0.29, 0.717) is 38.0 Å². The Bertz CT molecular complexity index is 1070. The van der Waals surface area contributed by atoms with E-state index in [9.17, 15) is 14.7 Å². The number of hydrogen-bond donors (Lipinski definition) is 2. The number of carbonyl (C=O) groups excluding carboxylic acids is 2. The van der Waals surface area contributed by atoms with Crippen molar-refractivity contribution in [2.75, 3.05) is 13.1 Å². The number of rotatable bonds is 4. The number of aliphatic hydroxyl groups excluding tert-OH is 1. The van der Waals surface area contributed by atoms with Crippen molar-refractivity contribution in [2.24, 2.45) is 11.8 Å². The summed E-state index contributed by atoms with van der Waals surface area (Å²) in [5.41, 5.74) is 1.88. The first-order valence-corrected chi connectivity index (χ1v) is 10.7. The number of hydrogen-bond acceptors (Lipinski definition) is 5. The maximum absolute atomic E-state index is 12.7. The summed E-state index contributed by atoms with van der Waals surface area (Å²) in [4.78, 5) is 31.5. The molecule has 1 saturated carbocycles. The van der Waals surface area contributed by atoms with Gasteiger partial charge in [0, 0.05) is 31.5 Å². The molecule has 31 heavy (non-hydrogen) atoms. The highest BCUT2D eigenvalue weighted by atomic mass is 16.3. The van der Waals surface area contributed by atoms with Crippen molar-refractivity contribution >= 4 is 17.5 Å². The summed E-state index contributed by atoms with van der Waals surface area (Å²) in [7, 11) is 0. The van der Waals surface area contributed by atoms with Gasteiger partial charge in [-0.15, -0.1) is 0 Å². The van der Waals surface area contributed by atoms with E-state index in [2.05, 4.69) is 15.4 Å². The van der Waals surface area contributed by atoms with Crippen LogP contribution in [0.2, 0.25) is 0 Å². The second-order valence-electron chi connectivity index (χ2n) is 8.55. The minimum absolute atomic E-state index is 0.118. The molecule has 2 N–H and O–H groups in total. The number of nitrogens with zero attached hydrogens (tertiary/aromatic N) is 4. The van der Waals surface area contributed by atoms with Crippen LogP contribution in [0.4, 0.5) is 0 Å². The fourth-order valence-corrected chi connectivity index (χ4v) is 4.85. The average molecular weight is 419 g/mol. The highest BCUT2D eigenvalue weighted by Gasteiger charge is 2.43. The van der Waals surface area contributed by atoms with Crippen molar-refractivity contribution in [3.63, 3.8) is 0 Å². The molecule has 3 heterocycles. The van der Waals surface area contributed by atoms with E-state index in [1.54, 1.807) is 29.0 Å². The van der Waals surface area contributed by atoms with Crippen LogP contribution in [0.3, 0.4) is 0 Å². The van der Waals surface area contributed by atoms with Crippen LogP contribution in [-0.2, 0) is 11.2 Å². The van der Waals surface area contributed by atoms with Gasteiger partial charge in [-0.3, -0.25) is 9.59 Å². The third-order valence-electron chi connectivity index (χ3n) is 6.48. The van der Waals surface area contributed by atoms with E-state index in [1.165, 1.54) is 0 Å². The summed E-state index contributed by atoms with van der Waals surface area (Å²) >= 11 is 0. The second kappa shape index (κ2) is 8.11. The Morgan fingerprint density at radius 2 is 1.87 bits per heavy atom. The van der Waals surface area contributed by atoms with Gasteiger partial charge >= 0.3 is 0 Å². The van der Waals surface area contributed by atoms with Crippen LogP contribution in [0.15, 0.2) is 54.9 Å². The van der Waals surface area contributed by atoms with Gasteiger partial charge in [-0.05, 0) is 36.3 Å². The second-order valence-corrected chi connectivity index (χ2v) is 8.55. The fraction of sp³-hybridized carbons (Fsp3) is 0.391. The fourth-order valence-electron chi connectivity index (χ4n) is 4.85. The van der Waals surface area contributed by atoms with Crippen LogP contribution in [0, 0.1) is 11.8 Å². The van der Waals surface area contributed by atoms with Crippen molar-refractivity contribution in [1.29, 1.82) is 0 Å². The van der Waals surface area contributed by atoms with Crippen molar-refractivity contribution < 1.29 is 14.7 Å². The zero-order chi connectivity index (χ0) is 21.4. The minimum atomic E-state index is -0.635. The third-order valence-corrected chi connectivity index (χ3v) is 6.48. The van der Waals surface area contributed by atoms with Gasteiger partial charge in [0.15, 0.2) is 11.3 Å². The van der Waals surface area contributed by atoms with E-state index in [0.717, 1.165) is 5.56 Å². The molecule has 1 aromatic carbocycles. The molecule has 160 valence electrons. The topological polar surface area (TPSA) is 99.8 Å². The number of nitrogens with one attached hydrogen (secondary N) is 1. The number of amides is 2. The van der Waals surface area contributed by atoms with E-state index >= 15 is 0 Å². The molecule has 2 aromatic heterocycles. The predicted molar refractivity (Wildman–Crippen MR) is 113 cm³/mol. The number of likely N-dealkylation sites (tertiary alicyclic amines) is 1. The maximum Gasteiger partial charge on any atom is 0.272 e. The Morgan fingerprint density at radius 1 is 1.10 bits per heavy atom. The molecule has 0 bridgehead atoms. The largest absolute Gasteiger partial charge is 0.391 e. The normalized spacial score (nSPS) is 25.4. The Morgan fingerprint density at radius 3 is 2.65 bits per heavy atom. The molecule has 2 aliphatic rings. The van der Waals surface area contributed by atoms with Crippen LogP contribution in [-0.4, -0.2) is 61.7 Å². The van der Waals surface area contributed by atoms with Crippen LogP contribution < -0.4 is 5.32 Å². The number of aliphatic hydroxyl groups is 1. The molecular formula is C23H25N5O3. The molecular weight excluding hydrogens is 394 g/mol. The Kier molecular flexibility index (Phi) is 5.15. The first kappa shape index (κ1) is 19.7. The molecule has 2 amide bonds. The Hall–Kier alpha value is -3.26. The predicted octanol–water partition coefficient (Wildman–Crippen LogP) is 1.30. The summed E-state index contributed by atoms with van der Waals surface area (Å²) in [6.45, 7) is 1.35. The zero-order valence-corrected chi connectivity index (χ0v) is 17.1. The van der Waals surface area contributed by atoms with Crippen molar-refractivity contribution in [2.45, 2.75) is 31.4 Å². The molecule has 3 aromatic rings. The van der Waals surface area contributed by atoms with Gasteiger partial charge in [0.25, 0.3) is 5.91 Å². The van der Waals surface area contributed by atoms with Crippen LogP contribution >= 0.6 is 0 Å². The zero-order valence-electron chi connectivity index (χ0n) is 17.1. The number of benzene rings is 1. The number of aromatic nitrogens is 3. The van der Waals surface area contributed by atoms with Crippen LogP contribution in [0.1, 0.15) is 28.9 Å². The van der Waals surface area contributed by atoms with Gasteiger partial charge in [0.05, 0.1) is 18.6 Å². The SMILES string of the molecule is O=C(N[C@H]1C[C@H]2CN(C(=O)Cc3ccccc3)C[C@H]2C[C@@H]1O)c1cc2ncccn2n1. The number of carbonyl (C=O) groups is 2. The van der Waals surface area contributed by atoms with E-state index in [-0.39, 0.29) is 35.4 Å². The van der Waals surface area contributed by atoms with Crippen molar-refractivity contribution in [3.8, 4) is 0 Å². The first-order valence-electron chi connectivity index (χ1n) is 10.7. The minimum Gasteiger partial charge on any atom is -0.391 e. The van der Waals surface area contributed by atoms with Gasteiger partial charge in [0.1, 0.15) is 0 Å². The quantitative estimate of drug-likeness (QED) is 0.664. The van der Waals surface area contributed by atoms with Crippen molar-refractivity contribution in [3.05, 3.63) is 66.1 Å². The molecule has 2 fully saturated rings. The summed E-state index contributed by atoms with van der Waals surface area (Å²) in [5, 5.41) is 17.9. The summed E-state index contributed by atoms with van der Waals surface area (Å²) in [6, 6.07) is 12.8. The molecule has 4 atom stereocenters. The molecule has 0 unspecified atom stereocenters. The third kappa shape index (κ3) is 4.03. The van der Waals surface area contributed by atoms with Gasteiger partial charge in [0.2, 0.25) is 5.91 Å². The molecule has 1 aliphatic carbocycles. The lowest BCUT2D eigenvalue weighted by molar-refractivity contribution is -0.129. The van der Waals surface area contributed by atoms with E-state index in [4.69, 9.17) is 0 Å². The van der Waals surface area contributed by atoms with E-state index < -0.39 is 6.10 Å². The summed E-state index contributed by atoms with van der Waals surface area (Å²) in [6.07, 6.45) is 4.37. The summed E-state index contributed by atoms with van der Waals surface area (Å²) in [5.74, 6) is 0.342. The Labute approximate surface area is 179 Å². The summed E-state index contributed by atoms with van der Waals surface area (Å²) < 4.78 is 1.55. The molecule has 0 radical (unpaired) electrons.